The molecule has 1 saturated carbocycles. The van der Waals surface area contributed by atoms with Crippen LogP contribution in [0.4, 0.5) is 5.69 Å². The zero-order chi connectivity index (χ0) is 20.6. The van der Waals surface area contributed by atoms with Crippen LogP contribution in [0.15, 0.2) is 52.4 Å². The lowest BCUT2D eigenvalue weighted by Gasteiger charge is -2.25. The van der Waals surface area contributed by atoms with Gasteiger partial charge in [0.2, 0.25) is 0 Å². The van der Waals surface area contributed by atoms with Crippen molar-refractivity contribution in [2.24, 2.45) is 9.98 Å². The first kappa shape index (κ1) is 20.9. The topological polar surface area (TPSA) is 68.4 Å². The average molecular weight is 394 g/mol. The van der Waals surface area contributed by atoms with E-state index in [-0.39, 0.29) is 23.6 Å². The number of nitrogens with zero attached hydrogens (tertiary/aromatic N) is 3. The lowest BCUT2D eigenvalue weighted by atomic mass is 9.91. The first-order valence-electron chi connectivity index (χ1n) is 10.5. The van der Waals surface area contributed by atoms with Crippen molar-refractivity contribution in [3.05, 3.63) is 53.6 Å². The molecule has 0 spiro atoms. The van der Waals surface area contributed by atoms with Gasteiger partial charge in [0.1, 0.15) is 11.5 Å². The Kier molecular flexibility index (Phi) is 7.28. The smallest absolute Gasteiger partial charge is 0.126 e. The maximum atomic E-state index is 10.4. The zero-order valence-corrected chi connectivity index (χ0v) is 17.3. The van der Waals surface area contributed by atoms with Crippen molar-refractivity contribution < 1.29 is 10.2 Å². The van der Waals surface area contributed by atoms with E-state index in [1.807, 2.05) is 30.3 Å². The van der Waals surface area contributed by atoms with Crippen LogP contribution in [0.1, 0.15) is 50.7 Å². The molecule has 0 radical (unpaired) electrons. The number of para-hydroxylation sites is 1. The molecule has 1 fully saturated rings. The van der Waals surface area contributed by atoms with E-state index in [2.05, 4.69) is 18.7 Å². The van der Waals surface area contributed by atoms with Gasteiger partial charge in [0.05, 0.1) is 12.1 Å². The Morgan fingerprint density at radius 3 is 2.00 bits per heavy atom. The maximum absolute atomic E-state index is 10.4. The van der Waals surface area contributed by atoms with Crippen molar-refractivity contribution in [1.82, 2.24) is 0 Å². The summed E-state index contributed by atoms with van der Waals surface area (Å²) in [5.41, 5.74) is 2.48. The van der Waals surface area contributed by atoms with Crippen LogP contribution < -0.4 is 4.90 Å². The maximum Gasteiger partial charge on any atom is 0.126 e. The third-order valence-electron chi connectivity index (χ3n) is 5.58. The summed E-state index contributed by atoms with van der Waals surface area (Å²) in [7, 11) is 0. The summed E-state index contributed by atoms with van der Waals surface area (Å²) in [6.07, 6.45) is 7.77. The summed E-state index contributed by atoms with van der Waals surface area (Å²) in [4.78, 5) is 11.7. The van der Waals surface area contributed by atoms with E-state index in [1.54, 1.807) is 24.6 Å². The molecule has 154 valence electrons. The van der Waals surface area contributed by atoms with Gasteiger partial charge in [-0.3, -0.25) is 9.98 Å². The van der Waals surface area contributed by atoms with Gasteiger partial charge in [-0.2, -0.15) is 0 Å². The molecule has 2 aromatic rings. The fraction of sp³-hybridized carbons (Fsp3) is 0.417. The van der Waals surface area contributed by atoms with Crippen LogP contribution in [0.3, 0.4) is 0 Å². The van der Waals surface area contributed by atoms with Crippen LogP contribution in [0, 0.1) is 0 Å². The Hall–Kier alpha value is -2.82. The van der Waals surface area contributed by atoms with E-state index in [0.29, 0.717) is 0 Å². The molecule has 0 bridgehead atoms. The third-order valence-corrected chi connectivity index (χ3v) is 5.58. The molecule has 1 aliphatic carbocycles. The van der Waals surface area contributed by atoms with E-state index in [4.69, 9.17) is 9.98 Å². The van der Waals surface area contributed by atoms with Crippen molar-refractivity contribution in [2.45, 2.75) is 51.6 Å². The predicted octanol–water partition coefficient (Wildman–Crippen LogP) is 4.79. The number of benzene rings is 2. The average Bonchev–Trinajstić information content (AvgIpc) is 2.74. The summed E-state index contributed by atoms with van der Waals surface area (Å²) in [5.74, 6) is 0.494. The minimum absolute atomic E-state index is 0.0905. The van der Waals surface area contributed by atoms with Crippen LogP contribution in [-0.2, 0) is 0 Å². The first-order valence-corrected chi connectivity index (χ1v) is 10.5. The molecule has 2 atom stereocenters. The lowest BCUT2D eigenvalue weighted by Crippen LogP contribution is -2.27. The molecule has 0 amide bonds. The summed E-state index contributed by atoms with van der Waals surface area (Å²) in [5, 5.41) is 20.4. The quantitative estimate of drug-likeness (QED) is 0.664. The molecule has 0 aromatic heterocycles. The number of hydrogen-bond donors (Lipinski definition) is 2. The highest BCUT2D eigenvalue weighted by molar-refractivity contribution is 5.85. The highest BCUT2D eigenvalue weighted by atomic mass is 16.3. The monoisotopic (exact) mass is 393 g/mol. The van der Waals surface area contributed by atoms with Crippen LogP contribution in [-0.4, -0.2) is 47.8 Å². The number of aromatic hydroxyl groups is 2. The molecule has 2 aromatic carbocycles. The van der Waals surface area contributed by atoms with Gasteiger partial charge in [0.15, 0.2) is 0 Å². The Balaban J connectivity index is 1.73. The van der Waals surface area contributed by atoms with Crippen LogP contribution in [0.5, 0.6) is 11.5 Å². The number of hydrogen-bond acceptors (Lipinski definition) is 5. The van der Waals surface area contributed by atoms with Gasteiger partial charge in [-0.05, 0) is 51.0 Å². The number of phenolic OH excluding ortho intramolecular Hbond substituents is 2. The Labute approximate surface area is 173 Å². The number of rotatable bonds is 7. The molecule has 3 rings (SSSR count). The fourth-order valence-corrected chi connectivity index (χ4v) is 3.81. The van der Waals surface area contributed by atoms with Gasteiger partial charge >= 0.3 is 0 Å². The lowest BCUT2D eigenvalue weighted by molar-refractivity contribution is 0.390. The normalized spacial score (nSPS) is 19.8. The van der Waals surface area contributed by atoms with Gasteiger partial charge in [-0.1, -0.05) is 25.0 Å². The summed E-state index contributed by atoms with van der Waals surface area (Å²) in [6, 6.07) is 13.2. The van der Waals surface area contributed by atoms with Crippen molar-refractivity contribution in [3.8, 4) is 11.5 Å². The standard InChI is InChI=1S/C24H31N3O2/c1-3-27(4-2)20-14-13-19(24(29)15-20)17-26-22-11-7-6-10-21(22)25-16-18-9-5-8-12-23(18)28/h5,8-9,12-17,21-22,28-29H,3-4,6-7,10-11H2,1-2H3/b25-16+,26-17+/t21-,22-/m1/s1. The summed E-state index contributed by atoms with van der Waals surface area (Å²) in [6.45, 7) is 6.02. The number of phenols is 2. The largest absolute Gasteiger partial charge is 0.507 e. The minimum Gasteiger partial charge on any atom is -0.507 e. The van der Waals surface area contributed by atoms with Crippen LogP contribution in [0.2, 0.25) is 0 Å². The second-order valence-corrected chi connectivity index (χ2v) is 7.45. The molecule has 0 aliphatic heterocycles. The van der Waals surface area contributed by atoms with E-state index in [1.165, 1.54) is 0 Å². The van der Waals surface area contributed by atoms with Gasteiger partial charge < -0.3 is 15.1 Å². The van der Waals surface area contributed by atoms with Crippen molar-refractivity contribution in [3.63, 3.8) is 0 Å². The molecule has 0 saturated heterocycles. The second-order valence-electron chi connectivity index (χ2n) is 7.45. The predicted molar refractivity (Wildman–Crippen MR) is 121 cm³/mol. The SMILES string of the molecule is CCN(CC)c1ccc(/C=N/[C@@H]2CCCC[C@H]2/N=C/c2ccccc2O)c(O)c1. The van der Waals surface area contributed by atoms with Crippen LogP contribution >= 0.6 is 0 Å². The summed E-state index contributed by atoms with van der Waals surface area (Å²) >= 11 is 0. The van der Waals surface area contributed by atoms with E-state index >= 15 is 0 Å². The van der Waals surface area contributed by atoms with E-state index in [9.17, 15) is 10.2 Å². The molecular weight excluding hydrogens is 362 g/mol. The zero-order valence-electron chi connectivity index (χ0n) is 17.3. The van der Waals surface area contributed by atoms with Crippen LogP contribution in [0.25, 0.3) is 0 Å². The minimum atomic E-state index is 0.0905. The fourth-order valence-electron chi connectivity index (χ4n) is 3.81. The molecule has 5 nitrogen and oxygen atoms in total. The Morgan fingerprint density at radius 2 is 1.45 bits per heavy atom. The van der Waals surface area contributed by atoms with E-state index < -0.39 is 0 Å². The van der Waals surface area contributed by atoms with Gasteiger partial charge in [0, 0.05) is 48.4 Å². The van der Waals surface area contributed by atoms with Crippen molar-refractivity contribution >= 4 is 18.1 Å². The molecule has 29 heavy (non-hydrogen) atoms. The number of anilines is 1. The summed E-state index contributed by atoms with van der Waals surface area (Å²) < 4.78 is 0. The number of aliphatic imine (C=N–C) groups is 2. The first-order chi connectivity index (χ1) is 14.1. The highest BCUT2D eigenvalue weighted by Gasteiger charge is 2.23. The molecule has 2 N–H and O–H groups in total. The Bertz CT molecular complexity index is 859. The van der Waals surface area contributed by atoms with Gasteiger partial charge in [-0.25, -0.2) is 0 Å². The van der Waals surface area contributed by atoms with Crippen molar-refractivity contribution in [2.75, 3.05) is 18.0 Å². The molecule has 5 heteroatoms. The second kappa shape index (κ2) is 10.1. The molecule has 0 heterocycles. The van der Waals surface area contributed by atoms with E-state index in [0.717, 1.165) is 55.6 Å². The molecule has 0 unspecified atom stereocenters. The third kappa shape index (κ3) is 5.37. The van der Waals surface area contributed by atoms with Crippen molar-refractivity contribution in [1.29, 1.82) is 0 Å². The molecular formula is C24H31N3O2. The van der Waals surface area contributed by atoms with Gasteiger partial charge in [0.25, 0.3) is 0 Å². The van der Waals surface area contributed by atoms with Gasteiger partial charge in [-0.15, -0.1) is 0 Å². The highest BCUT2D eigenvalue weighted by Crippen LogP contribution is 2.27. The Morgan fingerprint density at radius 1 is 0.862 bits per heavy atom. The molecule has 1 aliphatic rings.